The Morgan fingerprint density at radius 3 is 2.56 bits per heavy atom. The molecular weight excluding hydrogens is 312 g/mol. The van der Waals surface area contributed by atoms with Crippen LogP contribution in [0.25, 0.3) is 0 Å². The van der Waals surface area contributed by atoms with Crippen molar-refractivity contribution in [2.45, 2.75) is 59.0 Å². The number of rotatable bonds is 1. The van der Waals surface area contributed by atoms with E-state index in [1.54, 1.807) is 19.1 Å². The largest absolute Gasteiger partial charge is 0.382 e. The SMILES string of the molecule is CC(=O)[C@@]1(O)CCC2C3C=C(C)C4=CC(=O)C=CC4(C)C3CCC21C. The van der Waals surface area contributed by atoms with Crippen LogP contribution in [0.3, 0.4) is 0 Å². The molecule has 0 spiro atoms. The molecule has 4 aliphatic rings. The van der Waals surface area contributed by atoms with Gasteiger partial charge in [-0.3, -0.25) is 9.59 Å². The van der Waals surface area contributed by atoms with Crippen LogP contribution < -0.4 is 0 Å². The van der Waals surface area contributed by atoms with Crippen LogP contribution in [0.5, 0.6) is 0 Å². The van der Waals surface area contributed by atoms with E-state index >= 15 is 0 Å². The summed E-state index contributed by atoms with van der Waals surface area (Å²) in [6.07, 6.45) is 11.3. The minimum absolute atomic E-state index is 0.0751. The molecule has 2 fully saturated rings. The fourth-order valence-corrected chi connectivity index (χ4v) is 6.65. The van der Waals surface area contributed by atoms with Crippen LogP contribution in [0, 0.1) is 28.6 Å². The second-order valence-corrected chi connectivity index (χ2v) is 9.13. The first kappa shape index (κ1) is 17.0. The number of carbonyl (C=O) groups excluding carboxylic acids is 2. The fourth-order valence-electron chi connectivity index (χ4n) is 6.65. The molecule has 0 bridgehead atoms. The summed E-state index contributed by atoms with van der Waals surface area (Å²) in [6, 6.07) is 0. The lowest BCUT2D eigenvalue weighted by atomic mass is 9.48. The molecule has 2 saturated carbocycles. The lowest BCUT2D eigenvalue weighted by Crippen LogP contribution is -2.56. The molecule has 6 atom stereocenters. The number of carbonyl (C=O) groups is 2. The molecule has 4 aliphatic carbocycles. The van der Waals surface area contributed by atoms with Crippen LogP contribution in [-0.2, 0) is 9.59 Å². The number of Topliss-reactive ketones (excluding diaryl/α,β-unsaturated/α-hetero) is 1. The number of allylic oxidation sites excluding steroid dienone is 6. The maximum atomic E-state index is 12.3. The van der Waals surface area contributed by atoms with Gasteiger partial charge in [-0.25, -0.2) is 0 Å². The zero-order valence-corrected chi connectivity index (χ0v) is 15.6. The van der Waals surface area contributed by atoms with Crippen LogP contribution in [-0.4, -0.2) is 22.3 Å². The summed E-state index contributed by atoms with van der Waals surface area (Å²) in [6.45, 7) is 8.02. The monoisotopic (exact) mass is 340 g/mol. The van der Waals surface area contributed by atoms with Gasteiger partial charge >= 0.3 is 0 Å². The predicted molar refractivity (Wildman–Crippen MR) is 96.8 cm³/mol. The Balaban J connectivity index is 1.81. The van der Waals surface area contributed by atoms with E-state index in [4.69, 9.17) is 0 Å². The van der Waals surface area contributed by atoms with Crippen LogP contribution in [0.1, 0.15) is 53.4 Å². The molecule has 0 amide bonds. The van der Waals surface area contributed by atoms with Gasteiger partial charge in [0, 0.05) is 10.8 Å². The number of hydrogen-bond donors (Lipinski definition) is 1. The third kappa shape index (κ3) is 1.96. The van der Waals surface area contributed by atoms with Crippen molar-refractivity contribution in [3.8, 4) is 0 Å². The van der Waals surface area contributed by atoms with Gasteiger partial charge in [0.1, 0.15) is 5.60 Å². The van der Waals surface area contributed by atoms with Gasteiger partial charge in [-0.15, -0.1) is 0 Å². The molecule has 0 aliphatic heterocycles. The van der Waals surface area contributed by atoms with Crippen molar-refractivity contribution in [1.29, 1.82) is 0 Å². The summed E-state index contributed by atoms with van der Waals surface area (Å²) in [5.74, 6) is 1.10. The highest BCUT2D eigenvalue weighted by Gasteiger charge is 2.65. The first-order valence-corrected chi connectivity index (χ1v) is 9.51. The topological polar surface area (TPSA) is 54.4 Å². The van der Waals surface area contributed by atoms with Gasteiger partial charge in [-0.1, -0.05) is 31.6 Å². The standard InChI is InChI=1S/C22H28O3/c1-13-11-16-17(20(3)8-5-15(24)12-19(13)20)6-9-21(4)18(16)7-10-22(21,25)14(2)23/h5,8,11-12,16-18,25H,6-7,9-10H2,1-4H3/t16?,17?,18?,20?,21?,22-/m0/s1. The van der Waals surface area contributed by atoms with Crippen molar-refractivity contribution < 1.29 is 14.7 Å². The highest BCUT2D eigenvalue weighted by atomic mass is 16.3. The number of aliphatic hydroxyl groups is 1. The molecule has 25 heavy (non-hydrogen) atoms. The quantitative estimate of drug-likeness (QED) is 0.790. The van der Waals surface area contributed by atoms with Crippen LogP contribution >= 0.6 is 0 Å². The Hall–Kier alpha value is -1.48. The van der Waals surface area contributed by atoms with E-state index in [1.165, 1.54) is 5.57 Å². The lowest BCUT2D eigenvalue weighted by Gasteiger charge is -2.56. The van der Waals surface area contributed by atoms with Crippen molar-refractivity contribution in [3.63, 3.8) is 0 Å². The maximum Gasteiger partial charge on any atom is 0.178 e. The van der Waals surface area contributed by atoms with Crippen molar-refractivity contribution in [3.05, 3.63) is 35.5 Å². The molecule has 0 aromatic heterocycles. The molecular formula is C22H28O3. The summed E-state index contributed by atoms with van der Waals surface area (Å²) >= 11 is 0. The lowest BCUT2D eigenvalue weighted by molar-refractivity contribution is -0.155. The van der Waals surface area contributed by atoms with Gasteiger partial charge in [0.05, 0.1) is 0 Å². The van der Waals surface area contributed by atoms with Gasteiger partial charge < -0.3 is 5.11 Å². The first-order valence-electron chi connectivity index (χ1n) is 9.51. The van der Waals surface area contributed by atoms with Crippen LogP contribution in [0.2, 0.25) is 0 Å². The highest BCUT2D eigenvalue weighted by molar-refractivity contribution is 6.02. The molecule has 0 aromatic rings. The zero-order valence-electron chi connectivity index (χ0n) is 15.6. The molecule has 5 unspecified atom stereocenters. The van der Waals surface area contributed by atoms with Crippen molar-refractivity contribution in [1.82, 2.24) is 0 Å². The summed E-state index contributed by atoms with van der Waals surface area (Å²) in [4.78, 5) is 24.2. The minimum Gasteiger partial charge on any atom is -0.382 e. The summed E-state index contributed by atoms with van der Waals surface area (Å²) in [5, 5.41) is 11.2. The summed E-state index contributed by atoms with van der Waals surface area (Å²) in [7, 11) is 0. The molecule has 3 heteroatoms. The number of hydrogen-bond acceptors (Lipinski definition) is 3. The minimum atomic E-state index is -1.18. The second kappa shape index (κ2) is 5.03. The third-order valence-electron chi connectivity index (χ3n) is 8.16. The van der Waals surface area contributed by atoms with E-state index in [0.29, 0.717) is 24.2 Å². The molecule has 0 saturated heterocycles. The maximum absolute atomic E-state index is 12.3. The average Bonchev–Trinajstić information content (AvgIpc) is 2.83. The Labute approximate surface area is 149 Å². The van der Waals surface area contributed by atoms with Crippen LogP contribution in [0.4, 0.5) is 0 Å². The number of fused-ring (bicyclic) bond motifs is 5. The highest BCUT2D eigenvalue weighted by Crippen LogP contribution is 2.66. The number of ketones is 2. The summed E-state index contributed by atoms with van der Waals surface area (Å²) in [5.41, 5.74) is 0.700. The predicted octanol–water partition coefficient (Wildman–Crippen LogP) is 3.78. The van der Waals surface area contributed by atoms with Gasteiger partial charge in [0.25, 0.3) is 0 Å². The Morgan fingerprint density at radius 1 is 1.20 bits per heavy atom. The first-order chi connectivity index (χ1) is 11.6. The van der Waals surface area contributed by atoms with Gasteiger partial charge in [0.15, 0.2) is 11.6 Å². The molecule has 0 heterocycles. The van der Waals surface area contributed by atoms with E-state index in [9.17, 15) is 14.7 Å². The Bertz CT molecular complexity index is 757. The normalized spacial score (nSPS) is 48.2. The fraction of sp³-hybridized carbons (Fsp3) is 0.636. The van der Waals surface area contributed by atoms with Crippen LogP contribution in [0.15, 0.2) is 35.5 Å². The smallest absolute Gasteiger partial charge is 0.178 e. The molecule has 3 nitrogen and oxygen atoms in total. The van der Waals surface area contributed by atoms with E-state index in [2.05, 4.69) is 32.9 Å². The van der Waals surface area contributed by atoms with Crippen molar-refractivity contribution in [2.75, 3.05) is 0 Å². The third-order valence-corrected chi connectivity index (χ3v) is 8.16. The van der Waals surface area contributed by atoms with Gasteiger partial charge in [-0.2, -0.15) is 0 Å². The van der Waals surface area contributed by atoms with E-state index in [1.807, 2.05) is 0 Å². The molecule has 4 rings (SSSR count). The van der Waals surface area contributed by atoms with Crippen molar-refractivity contribution in [2.24, 2.45) is 28.6 Å². The van der Waals surface area contributed by atoms with E-state index in [0.717, 1.165) is 24.8 Å². The Morgan fingerprint density at radius 2 is 1.88 bits per heavy atom. The molecule has 0 aromatic carbocycles. The molecule has 0 radical (unpaired) electrons. The Kier molecular flexibility index (Phi) is 3.41. The van der Waals surface area contributed by atoms with Crippen molar-refractivity contribution >= 4 is 11.6 Å². The van der Waals surface area contributed by atoms with E-state index < -0.39 is 5.60 Å². The zero-order chi connectivity index (χ0) is 18.2. The molecule has 134 valence electrons. The summed E-state index contributed by atoms with van der Waals surface area (Å²) < 4.78 is 0. The van der Waals surface area contributed by atoms with Gasteiger partial charge in [0.2, 0.25) is 0 Å². The van der Waals surface area contributed by atoms with E-state index in [-0.39, 0.29) is 22.4 Å². The molecule has 1 N–H and O–H groups in total. The second-order valence-electron chi connectivity index (χ2n) is 9.13. The average molecular weight is 340 g/mol. The van der Waals surface area contributed by atoms with Gasteiger partial charge in [-0.05, 0) is 75.0 Å².